The van der Waals surface area contributed by atoms with Gasteiger partial charge in [0.1, 0.15) is 0 Å². The number of aromatic amines is 1. The smallest absolute Gasteiger partial charge is 0.349 e. The normalized spacial score (nSPS) is 13.8. The van der Waals surface area contributed by atoms with Gasteiger partial charge < -0.3 is 30.1 Å². The third-order valence-electron chi connectivity index (χ3n) is 5.07. The second-order valence-corrected chi connectivity index (χ2v) is 7.80. The van der Waals surface area contributed by atoms with Gasteiger partial charge in [0, 0.05) is 25.4 Å². The van der Waals surface area contributed by atoms with Crippen molar-refractivity contribution in [1.82, 2.24) is 24.4 Å². The monoisotopic (exact) mass is 432 g/mol. The molecule has 31 heavy (non-hydrogen) atoms. The number of benzene rings is 1. The number of H-pyrrole nitrogens is 1. The molecule has 11 nitrogen and oxygen atoms in total. The average molecular weight is 432 g/mol. The van der Waals surface area contributed by atoms with E-state index in [1.165, 1.54) is 4.57 Å². The van der Waals surface area contributed by atoms with Crippen LogP contribution >= 0.6 is 0 Å². The molecule has 0 unspecified atom stereocenters. The first-order valence-corrected chi connectivity index (χ1v) is 10.0. The van der Waals surface area contributed by atoms with Crippen LogP contribution in [0.2, 0.25) is 0 Å². The highest BCUT2D eigenvalue weighted by atomic mass is 16.3. The van der Waals surface area contributed by atoms with E-state index < -0.39 is 23.5 Å². The minimum atomic E-state index is -1.26. The molecule has 2 atom stereocenters. The maximum atomic E-state index is 12.3. The summed E-state index contributed by atoms with van der Waals surface area (Å²) in [7, 11) is 3.95. The number of nitrogens with zero attached hydrogens (tertiary/aromatic N) is 4. The number of likely N-dealkylation sites (N-methyl/N-ethyl adjacent to an activating group) is 1. The van der Waals surface area contributed by atoms with Crippen LogP contribution in [-0.2, 0) is 6.54 Å². The summed E-state index contributed by atoms with van der Waals surface area (Å²) in [4.78, 5) is 36.7. The van der Waals surface area contributed by atoms with Crippen LogP contribution in [0.5, 0.6) is 0 Å². The Bertz CT molecular complexity index is 1140. The van der Waals surface area contributed by atoms with E-state index in [-0.39, 0.29) is 31.1 Å². The molecular formula is C20H28N6O5. The first-order chi connectivity index (χ1) is 14.7. The minimum absolute atomic E-state index is 0.0135. The zero-order valence-electron chi connectivity index (χ0n) is 17.8. The van der Waals surface area contributed by atoms with E-state index in [1.807, 2.05) is 38.1 Å². The number of hydrogen-bond donors (Lipinski definition) is 5. The summed E-state index contributed by atoms with van der Waals surface area (Å²) in [6.45, 7) is 2.99. The summed E-state index contributed by atoms with van der Waals surface area (Å²) >= 11 is 0. The number of rotatable bonds is 9. The molecule has 0 radical (unpaired) electrons. The van der Waals surface area contributed by atoms with Gasteiger partial charge in [0.25, 0.3) is 5.56 Å². The zero-order valence-corrected chi connectivity index (χ0v) is 17.8. The topological polar surface area (TPSA) is 157 Å². The number of aliphatic hydroxyl groups is 3. The van der Waals surface area contributed by atoms with Gasteiger partial charge >= 0.3 is 5.69 Å². The number of hydrogen-bond acceptors (Lipinski definition) is 9. The van der Waals surface area contributed by atoms with Crippen molar-refractivity contribution >= 4 is 16.7 Å². The molecule has 0 bridgehead atoms. The Morgan fingerprint density at radius 1 is 1.19 bits per heavy atom. The fourth-order valence-corrected chi connectivity index (χ4v) is 3.37. The highest BCUT2D eigenvalue weighted by molar-refractivity contribution is 5.84. The predicted octanol–water partition coefficient (Wildman–Crippen LogP) is -1.03. The van der Waals surface area contributed by atoms with E-state index in [0.717, 1.165) is 17.8 Å². The number of aromatic nitrogens is 4. The van der Waals surface area contributed by atoms with Crippen molar-refractivity contribution in [3.63, 3.8) is 0 Å². The van der Waals surface area contributed by atoms with Crippen LogP contribution in [0, 0.1) is 6.92 Å². The van der Waals surface area contributed by atoms with Crippen molar-refractivity contribution in [3.05, 3.63) is 38.5 Å². The van der Waals surface area contributed by atoms with Crippen molar-refractivity contribution in [1.29, 1.82) is 0 Å². The van der Waals surface area contributed by atoms with Crippen molar-refractivity contribution in [2.45, 2.75) is 32.1 Å². The lowest BCUT2D eigenvalue weighted by molar-refractivity contribution is -0.00282. The zero-order chi connectivity index (χ0) is 22.7. The molecule has 2 aliphatic rings. The SMILES string of the molecule is Cc1cc2nc3c(=O)[nH]c(=O)nc-3n(C[C@H](O)[C@H](O)CCO)c2cc1NCCN(C)C. The molecule has 0 saturated carbocycles. The molecule has 0 amide bonds. The Balaban J connectivity index is 2.18. The van der Waals surface area contributed by atoms with Gasteiger partial charge in [-0.05, 0) is 45.1 Å². The molecule has 1 aromatic rings. The van der Waals surface area contributed by atoms with E-state index >= 15 is 0 Å². The maximum Gasteiger partial charge on any atom is 0.349 e. The van der Waals surface area contributed by atoms with Gasteiger partial charge in [-0.3, -0.25) is 9.78 Å². The van der Waals surface area contributed by atoms with Gasteiger partial charge in [0.15, 0.2) is 11.5 Å². The molecule has 0 aliphatic carbocycles. The van der Waals surface area contributed by atoms with E-state index in [9.17, 15) is 19.8 Å². The molecule has 1 aromatic carbocycles. The first kappa shape index (κ1) is 22.8. The van der Waals surface area contributed by atoms with Crippen LogP contribution < -0.4 is 16.6 Å². The van der Waals surface area contributed by atoms with Gasteiger partial charge in [0.05, 0.1) is 29.8 Å². The highest BCUT2D eigenvalue weighted by Gasteiger charge is 2.24. The quantitative estimate of drug-likeness (QED) is 0.267. The van der Waals surface area contributed by atoms with Crippen LogP contribution in [0.1, 0.15) is 12.0 Å². The minimum Gasteiger partial charge on any atom is -0.396 e. The average Bonchev–Trinajstić information content (AvgIpc) is 2.69. The summed E-state index contributed by atoms with van der Waals surface area (Å²) in [5.41, 5.74) is 1.23. The van der Waals surface area contributed by atoms with Gasteiger partial charge in [-0.1, -0.05) is 0 Å². The molecule has 2 heterocycles. The van der Waals surface area contributed by atoms with E-state index in [4.69, 9.17) is 5.11 Å². The van der Waals surface area contributed by atoms with Gasteiger partial charge in [-0.25, -0.2) is 9.78 Å². The number of anilines is 1. The molecule has 2 aliphatic heterocycles. The van der Waals surface area contributed by atoms with Gasteiger partial charge in [-0.2, -0.15) is 4.98 Å². The number of aliphatic hydroxyl groups excluding tert-OH is 3. The Morgan fingerprint density at radius 3 is 2.61 bits per heavy atom. The standard InChI is InChI=1S/C20H28N6O5/c1-11-8-13-14(9-12(11)21-5-6-25(2)3)26(10-16(29)15(28)4-7-27)18-17(22-13)19(30)24-20(31)23-18/h8-9,15-16,21,27-29H,4-7,10H2,1-3H3,(H,24,30,31)/t15-,16+/m1/s1. The van der Waals surface area contributed by atoms with Crippen LogP contribution in [-0.4, -0.2) is 85.7 Å². The number of nitrogens with one attached hydrogen (secondary N) is 2. The third kappa shape index (κ3) is 5.07. The summed E-state index contributed by atoms with van der Waals surface area (Å²) in [5, 5.41) is 33.0. The van der Waals surface area contributed by atoms with Crippen molar-refractivity contribution in [3.8, 4) is 11.5 Å². The lowest BCUT2D eigenvalue weighted by Gasteiger charge is -2.23. The van der Waals surface area contributed by atoms with E-state index in [2.05, 4.69) is 20.3 Å². The molecule has 0 fully saturated rings. The molecule has 0 saturated heterocycles. The fraction of sp³-hybridized carbons (Fsp3) is 0.500. The fourth-order valence-electron chi connectivity index (χ4n) is 3.37. The predicted molar refractivity (Wildman–Crippen MR) is 117 cm³/mol. The molecule has 168 valence electrons. The number of aryl methyl sites for hydroxylation is 1. The van der Waals surface area contributed by atoms with Gasteiger partial charge in [-0.15, -0.1) is 0 Å². The summed E-state index contributed by atoms with van der Waals surface area (Å²) in [5.74, 6) is 0.0135. The van der Waals surface area contributed by atoms with Crippen LogP contribution in [0.3, 0.4) is 0 Å². The first-order valence-electron chi connectivity index (χ1n) is 10.0. The van der Waals surface area contributed by atoms with E-state index in [0.29, 0.717) is 17.6 Å². The highest BCUT2D eigenvalue weighted by Crippen LogP contribution is 2.27. The van der Waals surface area contributed by atoms with E-state index in [1.54, 1.807) is 0 Å². The largest absolute Gasteiger partial charge is 0.396 e. The molecule has 5 N–H and O–H groups in total. The summed E-state index contributed by atoms with van der Waals surface area (Å²) < 4.78 is 1.51. The Morgan fingerprint density at radius 2 is 1.94 bits per heavy atom. The Kier molecular flexibility index (Phi) is 7.01. The Labute approximate surface area is 178 Å². The second kappa shape index (κ2) is 9.52. The van der Waals surface area contributed by atoms with Crippen LogP contribution in [0.4, 0.5) is 5.69 Å². The molecule has 0 spiro atoms. The lowest BCUT2D eigenvalue weighted by atomic mass is 10.1. The maximum absolute atomic E-state index is 12.3. The number of fused-ring (bicyclic) bond motifs is 2. The van der Waals surface area contributed by atoms with Crippen molar-refractivity contribution < 1.29 is 15.3 Å². The summed E-state index contributed by atoms with van der Waals surface area (Å²) in [6, 6.07) is 3.63. The summed E-state index contributed by atoms with van der Waals surface area (Å²) in [6.07, 6.45) is -2.46. The lowest BCUT2D eigenvalue weighted by Crippen LogP contribution is -2.34. The van der Waals surface area contributed by atoms with Crippen LogP contribution in [0.15, 0.2) is 21.7 Å². The van der Waals surface area contributed by atoms with Crippen molar-refractivity contribution in [2.75, 3.05) is 39.1 Å². The van der Waals surface area contributed by atoms with Crippen molar-refractivity contribution in [2.24, 2.45) is 0 Å². The molecule has 11 heteroatoms. The second-order valence-electron chi connectivity index (χ2n) is 7.80. The molecule has 0 aromatic heterocycles. The third-order valence-corrected chi connectivity index (χ3v) is 5.07. The van der Waals surface area contributed by atoms with Gasteiger partial charge in [0.2, 0.25) is 0 Å². The Hall–Kier alpha value is -2.86. The molecular weight excluding hydrogens is 404 g/mol. The molecule has 3 rings (SSSR count). The van der Waals surface area contributed by atoms with Crippen LogP contribution in [0.25, 0.3) is 22.6 Å².